The van der Waals surface area contributed by atoms with Crippen molar-refractivity contribution in [1.29, 1.82) is 0 Å². The molecule has 2 rings (SSSR count). The molecule has 0 radical (unpaired) electrons. The number of sulfonamides is 1. The van der Waals surface area contributed by atoms with E-state index in [1.165, 1.54) is 23.5 Å². The molecule has 1 atom stereocenters. The summed E-state index contributed by atoms with van der Waals surface area (Å²) in [6.45, 7) is 1.79. The molecular weight excluding hydrogens is 357 g/mol. The van der Waals surface area contributed by atoms with Crippen LogP contribution in [0.15, 0.2) is 57.9 Å². The molecule has 0 bridgehead atoms. The molecule has 2 aromatic carbocycles. The zero-order valence-electron chi connectivity index (χ0n) is 11.6. The van der Waals surface area contributed by atoms with E-state index in [-0.39, 0.29) is 15.4 Å². The van der Waals surface area contributed by atoms with Gasteiger partial charge in [0.2, 0.25) is 10.0 Å². The minimum atomic E-state index is -3.75. The highest BCUT2D eigenvalue weighted by Crippen LogP contribution is 2.27. The van der Waals surface area contributed by atoms with Gasteiger partial charge in [-0.1, -0.05) is 30.3 Å². The summed E-state index contributed by atoms with van der Waals surface area (Å²) >= 11 is 3.02. The van der Waals surface area contributed by atoms with Crippen LogP contribution in [0.2, 0.25) is 0 Å². The van der Waals surface area contributed by atoms with Gasteiger partial charge in [-0.15, -0.1) is 0 Å². The van der Waals surface area contributed by atoms with Gasteiger partial charge in [0, 0.05) is 13.1 Å². The number of nitrogens with zero attached hydrogens (tertiary/aromatic N) is 1. The summed E-state index contributed by atoms with van der Waals surface area (Å²) in [7, 11) is -2.26. The third-order valence-electron chi connectivity index (χ3n) is 3.40. The summed E-state index contributed by atoms with van der Waals surface area (Å²) in [5.74, 6) is -0.600. The molecule has 3 nitrogen and oxygen atoms in total. The summed E-state index contributed by atoms with van der Waals surface area (Å²) in [6.07, 6.45) is 0. The molecule has 112 valence electrons. The number of benzene rings is 2. The van der Waals surface area contributed by atoms with Crippen molar-refractivity contribution < 1.29 is 12.8 Å². The zero-order chi connectivity index (χ0) is 15.6. The molecule has 0 aliphatic carbocycles. The molecule has 2 aromatic rings. The zero-order valence-corrected chi connectivity index (χ0v) is 14.0. The average molecular weight is 372 g/mol. The molecule has 0 saturated heterocycles. The van der Waals surface area contributed by atoms with Crippen LogP contribution in [-0.4, -0.2) is 19.8 Å². The number of halogens is 2. The Kier molecular flexibility index (Phi) is 4.81. The Balaban J connectivity index is 2.36. The second-order valence-electron chi connectivity index (χ2n) is 4.68. The van der Waals surface area contributed by atoms with E-state index >= 15 is 0 Å². The third kappa shape index (κ3) is 3.33. The Morgan fingerprint density at radius 3 is 2.33 bits per heavy atom. The van der Waals surface area contributed by atoms with Crippen molar-refractivity contribution in [3.8, 4) is 0 Å². The van der Waals surface area contributed by atoms with E-state index in [4.69, 9.17) is 0 Å². The molecule has 0 saturated carbocycles. The maximum Gasteiger partial charge on any atom is 0.243 e. The first-order valence-corrected chi connectivity index (χ1v) is 8.55. The van der Waals surface area contributed by atoms with E-state index in [0.717, 1.165) is 11.6 Å². The van der Waals surface area contributed by atoms with Crippen LogP contribution in [0.4, 0.5) is 4.39 Å². The Hall–Kier alpha value is -1.24. The van der Waals surface area contributed by atoms with Gasteiger partial charge in [0.05, 0.1) is 9.37 Å². The van der Waals surface area contributed by atoms with E-state index in [0.29, 0.717) is 0 Å². The lowest BCUT2D eigenvalue weighted by Gasteiger charge is -2.24. The van der Waals surface area contributed by atoms with Crippen molar-refractivity contribution in [2.75, 3.05) is 7.05 Å². The van der Waals surface area contributed by atoms with Crippen LogP contribution in [0.3, 0.4) is 0 Å². The smallest absolute Gasteiger partial charge is 0.207 e. The average Bonchev–Trinajstić information content (AvgIpc) is 2.49. The molecule has 0 heterocycles. The minimum absolute atomic E-state index is 0.0616. The Bertz CT molecular complexity index is 735. The van der Waals surface area contributed by atoms with Gasteiger partial charge in [-0.2, -0.15) is 4.31 Å². The molecule has 0 aliphatic rings. The van der Waals surface area contributed by atoms with Gasteiger partial charge < -0.3 is 0 Å². The predicted octanol–water partition coefficient (Wildman–Crippen LogP) is 3.97. The number of hydrogen-bond donors (Lipinski definition) is 0. The summed E-state index contributed by atoms with van der Waals surface area (Å²) in [4.78, 5) is -0.0616. The van der Waals surface area contributed by atoms with Crippen LogP contribution in [0.5, 0.6) is 0 Å². The first kappa shape index (κ1) is 16.1. The fourth-order valence-corrected chi connectivity index (χ4v) is 3.56. The highest BCUT2D eigenvalue weighted by Gasteiger charge is 2.26. The highest BCUT2D eigenvalue weighted by molar-refractivity contribution is 9.10. The van der Waals surface area contributed by atoms with Gasteiger partial charge in [0.25, 0.3) is 0 Å². The Morgan fingerprint density at radius 1 is 1.14 bits per heavy atom. The van der Waals surface area contributed by atoms with Crippen molar-refractivity contribution >= 4 is 26.0 Å². The van der Waals surface area contributed by atoms with Gasteiger partial charge >= 0.3 is 0 Å². The second kappa shape index (κ2) is 6.25. The lowest BCUT2D eigenvalue weighted by molar-refractivity contribution is 0.398. The lowest BCUT2D eigenvalue weighted by atomic mass is 10.1. The summed E-state index contributed by atoms with van der Waals surface area (Å²) in [5.41, 5.74) is 0.876. The monoisotopic (exact) mass is 371 g/mol. The van der Waals surface area contributed by atoms with Crippen molar-refractivity contribution in [1.82, 2.24) is 4.31 Å². The van der Waals surface area contributed by atoms with Crippen molar-refractivity contribution in [2.24, 2.45) is 0 Å². The van der Waals surface area contributed by atoms with Crippen LogP contribution < -0.4 is 0 Å². The predicted molar refractivity (Wildman–Crippen MR) is 83.9 cm³/mol. The van der Waals surface area contributed by atoms with Crippen LogP contribution in [0.1, 0.15) is 18.5 Å². The summed E-state index contributed by atoms with van der Waals surface area (Å²) < 4.78 is 40.2. The van der Waals surface area contributed by atoms with Crippen molar-refractivity contribution in [3.05, 3.63) is 64.4 Å². The second-order valence-corrected chi connectivity index (χ2v) is 7.54. The molecule has 21 heavy (non-hydrogen) atoms. The SMILES string of the molecule is CC(c1ccccc1)N(C)S(=O)(=O)c1ccc(Br)c(F)c1. The highest BCUT2D eigenvalue weighted by atomic mass is 79.9. The Morgan fingerprint density at radius 2 is 1.76 bits per heavy atom. The normalized spacial score (nSPS) is 13.4. The maximum absolute atomic E-state index is 13.6. The number of rotatable bonds is 4. The van der Waals surface area contributed by atoms with Crippen molar-refractivity contribution in [3.63, 3.8) is 0 Å². The Labute approximate surface area is 132 Å². The van der Waals surface area contributed by atoms with E-state index in [9.17, 15) is 12.8 Å². The molecule has 1 unspecified atom stereocenters. The molecule has 0 amide bonds. The molecule has 0 aliphatic heterocycles. The van der Waals surface area contributed by atoms with Gasteiger partial charge in [-0.25, -0.2) is 12.8 Å². The van der Waals surface area contributed by atoms with Gasteiger partial charge in [0.1, 0.15) is 5.82 Å². The fraction of sp³-hybridized carbons (Fsp3) is 0.200. The van der Waals surface area contributed by atoms with E-state index < -0.39 is 15.8 Å². The minimum Gasteiger partial charge on any atom is -0.207 e. The topological polar surface area (TPSA) is 37.4 Å². The van der Waals surface area contributed by atoms with Gasteiger partial charge in [-0.3, -0.25) is 0 Å². The van der Waals surface area contributed by atoms with E-state index in [2.05, 4.69) is 15.9 Å². The summed E-state index contributed by atoms with van der Waals surface area (Å²) in [6, 6.07) is 12.7. The van der Waals surface area contributed by atoms with Crippen LogP contribution >= 0.6 is 15.9 Å². The van der Waals surface area contributed by atoms with Crippen LogP contribution in [0, 0.1) is 5.82 Å². The first-order valence-electron chi connectivity index (χ1n) is 6.32. The largest absolute Gasteiger partial charge is 0.243 e. The molecule has 0 fully saturated rings. The molecule has 0 aromatic heterocycles. The molecular formula is C15H15BrFNO2S. The maximum atomic E-state index is 13.6. The van der Waals surface area contributed by atoms with Crippen LogP contribution in [-0.2, 0) is 10.0 Å². The summed E-state index contributed by atoms with van der Waals surface area (Å²) in [5, 5.41) is 0. The van der Waals surface area contributed by atoms with E-state index in [1.54, 1.807) is 6.92 Å². The molecule has 0 spiro atoms. The third-order valence-corrected chi connectivity index (χ3v) is 5.96. The lowest BCUT2D eigenvalue weighted by Crippen LogP contribution is -2.29. The fourth-order valence-electron chi connectivity index (χ4n) is 1.95. The molecule has 0 N–H and O–H groups in total. The molecule has 6 heteroatoms. The van der Waals surface area contributed by atoms with Crippen molar-refractivity contribution in [2.45, 2.75) is 17.9 Å². The van der Waals surface area contributed by atoms with Gasteiger partial charge in [0.15, 0.2) is 0 Å². The first-order chi connectivity index (χ1) is 9.84. The number of hydrogen-bond acceptors (Lipinski definition) is 2. The van der Waals surface area contributed by atoms with Crippen LogP contribution in [0.25, 0.3) is 0 Å². The standard InChI is InChI=1S/C15H15BrFNO2S/c1-11(12-6-4-3-5-7-12)18(2)21(19,20)13-8-9-14(16)15(17)10-13/h3-11H,1-2H3. The van der Waals surface area contributed by atoms with E-state index in [1.807, 2.05) is 30.3 Å². The van der Waals surface area contributed by atoms with Gasteiger partial charge in [-0.05, 0) is 46.6 Å². The quantitative estimate of drug-likeness (QED) is 0.815.